The predicted molar refractivity (Wildman–Crippen MR) is 100 cm³/mol. The van der Waals surface area contributed by atoms with Crippen LogP contribution in [-0.2, 0) is 4.84 Å². The fourth-order valence-electron chi connectivity index (χ4n) is 2.63. The molecule has 3 rings (SSSR count). The van der Waals surface area contributed by atoms with Crippen LogP contribution >= 0.6 is 11.6 Å². The summed E-state index contributed by atoms with van der Waals surface area (Å²) >= 11 is 6.44. The smallest absolute Gasteiger partial charge is 0.224 e. The molecule has 9 heteroatoms. The maximum Gasteiger partial charge on any atom is 0.224 e. The molecule has 1 unspecified atom stereocenters. The molecule has 0 aliphatic carbocycles. The molecule has 0 saturated carbocycles. The fraction of sp³-hybridized carbons (Fsp3) is 0.294. The summed E-state index contributed by atoms with van der Waals surface area (Å²) < 4.78 is 5.43. The van der Waals surface area contributed by atoms with Crippen LogP contribution < -0.4 is 15.1 Å². The lowest BCUT2D eigenvalue weighted by molar-refractivity contribution is -0.0314. The van der Waals surface area contributed by atoms with Crippen molar-refractivity contribution in [3.63, 3.8) is 0 Å². The molecule has 3 aromatic heterocycles. The van der Waals surface area contributed by atoms with Crippen molar-refractivity contribution in [2.45, 2.75) is 6.23 Å². The van der Waals surface area contributed by atoms with Gasteiger partial charge in [-0.25, -0.2) is 4.98 Å². The van der Waals surface area contributed by atoms with Gasteiger partial charge in [-0.1, -0.05) is 11.6 Å². The number of fused-ring (bicyclic) bond motifs is 1. The van der Waals surface area contributed by atoms with Crippen molar-refractivity contribution in [2.24, 2.45) is 0 Å². The van der Waals surface area contributed by atoms with E-state index in [0.29, 0.717) is 38.8 Å². The molecule has 0 spiro atoms. The average molecular weight is 378 g/mol. The molecule has 0 aliphatic heterocycles. The number of aliphatic hydroxyl groups excluding tert-OH is 1. The van der Waals surface area contributed by atoms with E-state index in [1.807, 2.05) is 31.1 Å². The molecule has 8 nitrogen and oxygen atoms in total. The number of aromatic amines is 1. The van der Waals surface area contributed by atoms with E-state index in [1.54, 1.807) is 19.4 Å². The Balaban J connectivity index is 2.16. The number of anilines is 1. The molecular formula is C17H20ClN5O3. The first-order valence-electron chi connectivity index (χ1n) is 7.83. The van der Waals surface area contributed by atoms with E-state index >= 15 is 0 Å². The maximum absolute atomic E-state index is 10.2. The number of hydrogen-bond acceptors (Lipinski definition) is 7. The number of nitrogens with zero attached hydrogens (tertiary/aromatic N) is 3. The standard InChI is InChI=1S/C17H20ClN5O3/c1-23(2)13-6-5-9(17(20-13)25-3)14-11(18)7-12-15(21-14)10(8-19-12)16(24)22-26-4/h5-8,16,19,22,24H,1-4H3. The van der Waals surface area contributed by atoms with Crippen LogP contribution in [0, 0.1) is 0 Å². The van der Waals surface area contributed by atoms with Gasteiger partial charge >= 0.3 is 0 Å². The second kappa shape index (κ2) is 7.46. The van der Waals surface area contributed by atoms with Gasteiger partial charge in [0.2, 0.25) is 5.88 Å². The molecule has 3 aromatic rings. The second-order valence-corrected chi connectivity index (χ2v) is 6.21. The number of halogens is 1. The van der Waals surface area contributed by atoms with Gasteiger partial charge in [0.15, 0.2) is 6.23 Å². The predicted octanol–water partition coefficient (Wildman–Crippen LogP) is 2.49. The van der Waals surface area contributed by atoms with Gasteiger partial charge in [-0.3, -0.25) is 0 Å². The summed E-state index contributed by atoms with van der Waals surface area (Å²) in [6.07, 6.45) is 0.616. The molecule has 3 heterocycles. The highest BCUT2D eigenvalue weighted by Crippen LogP contribution is 2.36. The Hall–Kier alpha value is -2.39. The molecule has 138 valence electrons. The van der Waals surface area contributed by atoms with E-state index in [4.69, 9.17) is 21.2 Å². The minimum atomic E-state index is -1.04. The summed E-state index contributed by atoms with van der Waals surface area (Å²) in [5.41, 5.74) is 5.45. The zero-order chi connectivity index (χ0) is 18.8. The molecule has 0 aromatic carbocycles. The maximum atomic E-state index is 10.2. The van der Waals surface area contributed by atoms with Gasteiger partial charge in [-0.2, -0.15) is 10.5 Å². The third-order valence-corrected chi connectivity index (χ3v) is 4.20. The summed E-state index contributed by atoms with van der Waals surface area (Å²) in [5, 5.41) is 10.6. The Morgan fingerprint density at radius 1 is 1.27 bits per heavy atom. The van der Waals surface area contributed by atoms with Crippen LogP contribution in [0.3, 0.4) is 0 Å². The van der Waals surface area contributed by atoms with Crippen LogP contribution in [-0.4, -0.2) is 48.4 Å². The van der Waals surface area contributed by atoms with Crippen molar-refractivity contribution < 1.29 is 14.7 Å². The topological polar surface area (TPSA) is 95.5 Å². The summed E-state index contributed by atoms with van der Waals surface area (Å²) in [4.78, 5) is 18.8. The third-order valence-electron chi connectivity index (χ3n) is 3.91. The van der Waals surface area contributed by atoms with E-state index in [0.717, 1.165) is 5.82 Å². The highest BCUT2D eigenvalue weighted by atomic mass is 35.5. The Morgan fingerprint density at radius 3 is 2.69 bits per heavy atom. The van der Waals surface area contributed by atoms with Crippen molar-refractivity contribution in [3.05, 3.63) is 35.0 Å². The lowest BCUT2D eigenvalue weighted by atomic mass is 10.1. The van der Waals surface area contributed by atoms with E-state index in [2.05, 4.69) is 20.4 Å². The van der Waals surface area contributed by atoms with Crippen molar-refractivity contribution >= 4 is 28.5 Å². The number of hydroxylamine groups is 1. The second-order valence-electron chi connectivity index (χ2n) is 5.80. The molecule has 0 bridgehead atoms. The number of hydrogen-bond donors (Lipinski definition) is 3. The van der Waals surface area contributed by atoms with Crippen molar-refractivity contribution in [2.75, 3.05) is 33.2 Å². The number of nitrogens with one attached hydrogen (secondary N) is 2. The number of methoxy groups -OCH3 is 1. The first kappa shape index (κ1) is 18.4. The number of ether oxygens (including phenoxy) is 1. The van der Waals surface area contributed by atoms with Crippen LogP contribution in [0.5, 0.6) is 5.88 Å². The Kier molecular flexibility index (Phi) is 5.28. The molecule has 3 N–H and O–H groups in total. The minimum Gasteiger partial charge on any atom is -0.480 e. The van der Waals surface area contributed by atoms with E-state index in [-0.39, 0.29) is 0 Å². The van der Waals surface area contributed by atoms with Gasteiger partial charge in [0.25, 0.3) is 0 Å². The van der Waals surface area contributed by atoms with Gasteiger partial charge in [0.05, 0.1) is 41.5 Å². The van der Waals surface area contributed by atoms with E-state index in [9.17, 15) is 5.11 Å². The highest BCUT2D eigenvalue weighted by Gasteiger charge is 2.19. The number of aromatic nitrogens is 3. The summed E-state index contributed by atoms with van der Waals surface area (Å²) in [7, 11) is 6.77. The Labute approximate surface area is 155 Å². The molecule has 0 aliphatic rings. The number of H-pyrrole nitrogens is 1. The lowest BCUT2D eigenvalue weighted by Gasteiger charge is -2.15. The zero-order valence-corrected chi connectivity index (χ0v) is 15.6. The summed E-state index contributed by atoms with van der Waals surface area (Å²) in [5.74, 6) is 1.17. The average Bonchev–Trinajstić information content (AvgIpc) is 3.03. The number of pyridine rings is 2. The first-order valence-corrected chi connectivity index (χ1v) is 8.21. The molecule has 1 atom stereocenters. The van der Waals surface area contributed by atoms with Crippen LogP contribution in [0.2, 0.25) is 5.02 Å². The third kappa shape index (κ3) is 3.32. The van der Waals surface area contributed by atoms with Gasteiger partial charge in [-0.15, -0.1) is 0 Å². The largest absolute Gasteiger partial charge is 0.480 e. The SMILES string of the molecule is CONC(O)c1c[nH]c2cc(Cl)c(-c3ccc(N(C)C)nc3OC)nc12. The molecule has 0 radical (unpaired) electrons. The number of rotatable bonds is 6. The van der Waals surface area contributed by atoms with Crippen molar-refractivity contribution in [1.29, 1.82) is 0 Å². The molecule has 0 fully saturated rings. The van der Waals surface area contributed by atoms with Crippen LogP contribution in [0.1, 0.15) is 11.8 Å². The minimum absolute atomic E-state index is 0.414. The van der Waals surface area contributed by atoms with Gasteiger partial charge in [0, 0.05) is 25.9 Å². The molecule has 0 amide bonds. The van der Waals surface area contributed by atoms with Crippen molar-refractivity contribution in [1.82, 2.24) is 20.4 Å². The van der Waals surface area contributed by atoms with Gasteiger partial charge in [0.1, 0.15) is 5.82 Å². The van der Waals surface area contributed by atoms with Crippen molar-refractivity contribution in [3.8, 4) is 17.1 Å². The lowest BCUT2D eigenvalue weighted by Crippen LogP contribution is -2.19. The molecule has 0 saturated heterocycles. The van der Waals surface area contributed by atoms with Crippen LogP contribution in [0.4, 0.5) is 5.82 Å². The van der Waals surface area contributed by atoms with E-state index < -0.39 is 6.23 Å². The van der Waals surface area contributed by atoms with Gasteiger partial charge < -0.3 is 24.6 Å². The van der Waals surface area contributed by atoms with E-state index in [1.165, 1.54) is 7.11 Å². The quantitative estimate of drug-likeness (QED) is 0.448. The fourth-order valence-corrected chi connectivity index (χ4v) is 2.88. The first-order chi connectivity index (χ1) is 12.5. The van der Waals surface area contributed by atoms with Crippen LogP contribution in [0.25, 0.3) is 22.3 Å². The monoisotopic (exact) mass is 377 g/mol. The number of aliphatic hydroxyl groups is 1. The summed E-state index contributed by atoms with van der Waals surface area (Å²) in [6.45, 7) is 0. The van der Waals surface area contributed by atoms with Crippen LogP contribution in [0.15, 0.2) is 24.4 Å². The molecular weight excluding hydrogens is 358 g/mol. The Bertz CT molecular complexity index is 928. The highest BCUT2D eigenvalue weighted by molar-refractivity contribution is 6.33. The molecule has 26 heavy (non-hydrogen) atoms. The zero-order valence-electron chi connectivity index (χ0n) is 14.9. The van der Waals surface area contributed by atoms with Gasteiger partial charge in [-0.05, 0) is 18.2 Å². The Morgan fingerprint density at radius 2 is 2.04 bits per heavy atom. The summed E-state index contributed by atoms with van der Waals surface area (Å²) in [6, 6.07) is 5.47. The normalized spacial score (nSPS) is 12.4.